The van der Waals surface area contributed by atoms with Crippen LogP contribution in [0.4, 0.5) is 0 Å². The molecule has 3 N–H and O–H groups in total. The number of hydrogen-bond donors (Lipinski definition) is 2. The normalized spacial score (nSPS) is 20.6. The first-order valence-corrected chi connectivity index (χ1v) is 6.30. The summed E-state index contributed by atoms with van der Waals surface area (Å²) in [5.74, 6) is -1.12. The number of nitrogens with one attached hydrogen (secondary N) is 1. The second kappa shape index (κ2) is 5.73. The summed E-state index contributed by atoms with van der Waals surface area (Å²) in [5, 5.41) is 2.83. The van der Waals surface area contributed by atoms with Crippen molar-refractivity contribution < 1.29 is 19.1 Å². The van der Waals surface area contributed by atoms with E-state index in [1.54, 1.807) is 12.1 Å². The van der Waals surface area contributed by atoms with Crippen LogP contribution in [0.15, 0.2) is 24.3 Å². The van der Waals surface area contributed by atoms with Crippen molar-refractivity contribution in [3.05, 3.63) is 35.4 Å². The van der Waals surface area contributed by atoms with E-state index in [2.05, 4.69) is 10.1 Å². The number of esters is 1. The van der Waals surface area contributed by atoms with Crippen LogP contribution in [0.1, 0.15) is 33.6 Å². The van der Waals surface area contributed by atoms with Gasteiger partial charge in [0.25, 0.3) is 5.91 Å². The quantitative estimate of drug-likeness (QED) is 0.781. The number of carbonyl (C=O) groups is 3. The number of methoxy groups -OCH3 is 1. The van der Waals surface area contributed by atoms with Crippen molar-refractivity contribution in [2.75, 3.05) is 7.11 Å². The predicted molar refractivity (Wildman–Crippen MR) is 71.0 cm³/mol. The second-order valence-corrected chi connectivity index (χ2v) is 4.80. The van der Waals surface area contributed by atoms with Gasteiger partial charge in [-0.3, -0.25) is 14.4 Å². The number of ether oxygens (including phenoxy) is 1. The molecule has 6 nitrogen and oxygen atoms in total. The molecule has 2 amide bonds. The van der Waals surface area contributed by atoms with E-state index in [4.69, 9.17) is 5.73 Å². The first-order valence-electron chi connectivity index (χ1n) is 6.30. The summed E-state index contributed by atoms with van der Waals surface area (Å²) in [6, 6.07) is 6.10. The van der Waals surface area contributed by atoms with Crippen LogP contribution in [0.5, 0.6) is 0 Å². The molecular formula is C14H16N2O4. The number of benzene rings is 1. The van der Waals surface area contributed by atoms with E-state index in [1.165, 1.54) is 19.2 Å². The van der Waals surface area contributed by atoms with E-state index in [0.29, 0.717) is 24.0 Å². The van der Waals surface area contributed by atoms with Gasteiger partial charge in [-0.15, -0.1) is 0 Å². The summed E-state index contributed by atoms with van der Waals surface area (Å²) < 4.78 is 4.63. The summed E-state index contributed by atoms with van der Waals surface area (Å²) >= 11 is 0. The summed E-state index contributed by atoms with van der Waals surface area (Å²) in [4.78, 5) is 34.1. The zero-order chi connectivity index (χ0) is 14.7. The third kappa shape index (κ3) is 2.96. The fourth-order valence-electron chi connectivity index (χ4n) is 2.15. The lowest BCUT2D eigenvalue weighted by molar-refractivity contribution is -0.149. The molecule has 1 aromatic carbocycles. The molecule has 0 atom stereocenters. The third-order valence-corrected chi connectivity index (χ3v) is 3.44. The van der Waals surface area contributed by atoms with Gasteiger partial charge in [-0.25, -0.2) is 0 Å². The maximum Gasteiger partial charge on any atom is 0.308 e. The molecular weight excluding hydrogens is 260 g/mol. The van der Waals surface area contributed by atoms with Crippen LogP contribution >= 0.6 is 0 Å². The van der Waals surface area contributed by atoms with Crippen LogP contribution < -0.4 is 11.1 Å². The fraction of sp³-hybridized carbons (Fsp3) is 0.357. The Labute approximate surface area is 116 Å². The average molecular weight is 276 g/mol. The maximum absolute atomic E-state index is 11.9. The predicted octanol–water partition coefficient (Wildman–Crippen LogP) is 0.467. The van der Waals surface area contributed by atoms with Crippen LogP contribution in [-0.4, -0.2) is 30.9 Å². The van der Waals surface area contributed by atoms with Gasteiger partial charge in [-0.1, -0.05) is 0 Å². The number of primary amides is 1. The number of rotatable bonds is 4. The molecule has 106 valence electrons. The topological polar surface area (TPSA) is 98.5 Å². The molecule has 6 heteroatoms. The number of hydrogen-bond acceptors (Lipinski definition) is 4. The maximum atomic E-state index is 11.9. The first kappa shape index (κ1) is 14.0. The van der Waals surface area contributed by atoms with Crippen molar-refractivity contribution in [3.8, 4) is 0 Å². The highest BCUT2D eigenvalue weighted by Gasteiger charge is 2.36. The fourth-order valence-corrected chi connectivity index (χ4v) is 2.15. The Balaban J connectivity index is 1.87. The molecule has 2 rings (SSSR count). The number of amides is 2. The van der Waals surface area contributed by atoms with E-state index in [-0.39, 0.29) is 23.8 Å². The van der Waals surface area contributed by atoms with Gasteiger partial charge in [-0.2, -0.15) is 0 Å². The molecule has 0 aliphatic heterocycles. The molecule has 0 saturated heterocycles. The lowest BCUT2D eigenvalue weighted by Crippen LogP contribution is -2.47. The molecule has 0 unspecified atom stereocenters. The van der Waals surface area contributed by atoms with E-state index < -0.39 is 5.91 Å². The molecule has 20 heavy (non-hydrogen) atoms. The van der Waals surface area contributed by atoms with Crippen molar-refractivity contribution in [1.82, 2.24) is 5.32 Å². The SMILES string of the molecule is COC(=O)C1CC(NC(=O)c2ccc(C(N)=O)cc2)C1. The molecule has 1 aliphatic rings. The van der Waals surface area contributed by atoms with E-state index in [0.717, 1.165) is 0 Å². The van der Waals surface area contributed by atoms with Crippen LogP contribution in [0.3, 0.4) is 0 Å². The largest absolute Gasteiger partial charge is 0.469 e. The van der Waals surface area contributed by atoms with Crippen LogP contribution in [0.25, 0.3) is 0 Å². The van der Waals surface area contributed by atoms with Gasteiger partial charge >= 0.3 is 5.97 Å². The molecule has 1 saturated carbocycles. The summed E-state index contributed by atoms with van der Waals surface area (Å²) in [7, 11) is 1.36. The van der Waals surface area contributed by atoms with Gasteiger partial charge in [0.15, 0.2) is 0 Å². The molecule has 1 aromatic rings. The van der Waals surface area contributed by atoms with Gasteiger partial charge in [0.2, 0.25) is 5.91 Å². The molecule has 1 aliphatic carbocycles. The Bertz CT molecular complexity index is 533. The van der Waals surface area contributed by atoms with E-state index in [1.807, 2.05) is 0 Å². The highest BCUT2D eigenvalue weighted by molar-refractivity contribution is 5.97. The van der Waals surface area contributed by atoms with Crippen LogP contribution in [0.2, 0.25) is 0 Å². The molecule has 0 aromatic heterocycles. The van der Waals surface area contributed by atoms with Crippen molar-refractivity contribution >= 4 is 17.8 Å². The van der Waals surface area contributed by atoms with Gasteiger partial charge < -0.3 is 15.8 Å². The summed E-state index contributed by atoms with van der Waals surface area (Å²) in [5.41, 5.74) is 5.94. The third-order valence-electron chi connectivity index (χ3n) is 3.44. The van der Waals surface area contributed by atoms with Gasteiger partial charge in [0.05, 0.1) is 13.0 Å². The first-order chi connectivity index (χ1) is 9.51. The Kier molecular flexibility index (Phi) is 4.02. The second-order valence-electron chi connectivity index (χ2n) is 4.80. The molecule has 0 heterocycles. The monoisotopic (exact) mass is 276 g/mol. The lowest BCUT2D eigenvalue weighted by Gasteiger charge is -2.33. The Hall–Kier alpha value is -2.37. The zero-order valence-electron chi connectivity index (χ0n) is 11.1. The van der Waals surface area contributed by atoms with Crippen molar-refractivity contribution in [2.45, 2.75) is 18.9 Å². The van der Waals surface area contributed by atoms with E-state index in [9.17, 15) is 14.4 Å². The number of nitrogens with two attached hydrogens (primary N) is 1. The number of carbonyl (C=O) groups excluding carboxylic acids is 3. The Morgan fingerprint density at radius 3 is 2.20 bits per heavy atom. The lowest BCUT2D eigenvalue weighted by atomic mass is 9.80. The Morgan fingerprint density at radius 1 is 1.15 bits per heavy atom. The van der Waals surface area contributed by atoms with Crippen molar-refractivity contribution in [1.29, 1.82) is 0 Å². The standard InChI is InChI=1S/C14H16N2O4/c1-20-14(19)10-6-11(7-10)16-13(18)9-4-2-8(3-5-9)12(15)17/h2-5,10-11H,6-7H2,1H3,(H2,15,17)(H,16,18). The van der Waals surface area contributed by atoms with Gasteiger partial charge in [-0.05, 0) is 37.1 Å². The zero-order valence-corrected chi connectivity index (χ0v) is 11.1. The minimum Gasteiger partial charge on any atom is -0.469 e. The highest BCUT2D eigenvalue weighted by Crippen LogP contribution is 2.28. The average Bonchev–Trinajstić information content (AvgIpc) is 2.41. The molecule has 0 radical (unpaired) electrons. The highest BCUT2D eigenvalue weighted by atomic mass is 16.5. The van der Waals surface area contributed by atoms with Crippen molar-refractivity contribution in [2.24, 2.45) is 11.7 Å². The molecule has 1 fully saturated rings. The Morgan fingerprint density at radius 2 is 1.70 bits per heavy atom. The molecule has 0 bridgehead atoms. The minimum absolute atomic E-state index is 0.0117. The molecule has 0 spiro atoms. The van der Waals surface area contributed by atoms with Crippen LogP contribution in [-0.2, 0) is 9.53 Å². The van der Waals surface area contributed by atoms with Gasteiger partial charge in [0, 0.05) is 17.2 Å². The van der Waals surface area contributed by atoms with Crippen molar-refractivity contribution in [3.63, 3.8) is 0 Å². The van der Waals surface area contributed by atoms with Crippen LogP contribution in [0, 0.1) is 5.92 Å². The smallest absolute Gasteiger partial charge is 0.308 e. The summed E-state index contributed by atoms with van der Waals surface area (Å²) in [6.45, 7) is 0. The summed E-state index contributed by atoms with van der Waals surface area (Å²) in [6.07, 6.45) is 1.19. The van der Waals surface area contributed by atoms with Gasteiger partial charge in [0.1, 0.15) is 0 Å². The minimum atomic E-state index is -0.531. The van der Waals surface area contributed by atoms with E-state index >= 15 is 0 Å².